The predicted molar refractivity (Wildman–Crippen MR) is 77.7 cm³/mol. The van der Waals surface area contributed by atoms with Crippen molar-refractivity contribution < 1.29 is 9.59 Å². The molecule has 0 aromatic heterocycles. The number of carbonyl (C=O) groups excluding carboxylic acids is 2. The highest BCUT2D eigenvalue weighted by Crippen LogP contribution is 2.28. The number of rotatable bonds is 4. The maximum absolute atomic E-state index is 12.6. The summed E-state index contributed by atoms with van der Waals surface area (Å²) in [7, 11) is 0. The van der Waals surface area contributed by atoms with E-state index in [0.717, 1.165) is 24.3 Å². The molecule has 1 aliphatic carbocycles. The molecule has 1 heterocycles. The number of nitrogens with one attached hydrogen (secondary N) is 1. The topological polar surface area (TPSA) is 49.4 Å². The molecule has 2 amide bonds. The van der Waals surface area contributed by atoms with Crippen molar-refractivity contribution in [3.05, 3.63) is 29.3 Å². The Bertz CT molecular complexity index is 549. The highest BCUT2D eigenvalue weighted by atomic mass is 16.2. The highest BCUT2D eigenvalue weighted by Gasteiger charge is 2.25. The van der Waals surface area contributed by atoms with Crippen LogP contribution in [-0.2, 0) is 11.2 Å². The maximum atomic E-state index is 12.6. The lowest BCUT2D eigenvalue weighted by Gasteiger charge is -2.32. The zero-order chi connectivity index (χ0) is 14.1. The second-order valence-corrected chi connectivity index (χ2v) is 5.74. The van der Waals surface area contributed by atoms with Crippen molar-refractivity contribution in [2.45, 2.75) is 32.6 Å². The number of hydrogen-bond donors (Lipinski definition) is 1. The van der Waals surface area contributed by atoms with Gasteiger partial charge in [0.1, 0.15) is 0 Å². The third-order valence-electron chi connectivity index (χ3n) is 4.35. The van der Waals surface area contributed by atoms with Gasteiger partial charge in [0, 0.05) is 24.3 Å². The van der Waals surface area contributed by atoms with E-state index in [4.69, 9.17) is 0 Å². The molecule has 0 saturated heterocycles. The summed E-state index contributed by atoms with van der Waals surface area (Å²) in [6, 6.07) is 5.51. The Morgan fingerprint density at radius 2 is 2.20 bits per heavy atom. The molecule has 0 radical (unpaired) electrons. The Labute approximate surface area is 119 Å². The fourth-order valence-electron chi connectivity index (χ4n) is 2.89. The van der Waals surface area contributed by atoms with E-state index in [1.165, 1.54) is 19.3 Å². The first-order valence-electron chi connectivity index (χ1n) is 7.39. The van der Waals surface area contributed by atoms with Gasteiger partial charge in [-0.15, -0.1) is 0 Å². The molecule has 0 bridgehead atoms. The van der Waals surface area contributed by atoms with Gasteiger partial charge >= 0.3 is 0 Å². The van der Waals surface area contributed by atoms with Gasteiger partial charge in [-0.1, -0.05) is 6.42 Å². The van der Waals surface area contributed by atoms with Gasteiger partial charge in [0.2, 0.25) is 5.91 Å². The van der Waals surface area contributed by atoms with Crippen LogP contribution in [0.25, 0.3) is 0 Å². The van der Waals surface area contributed by atoms with Crippen molar-refractivity contribution in [1.82, 2.24) is 4.90 Å². The second-order valence-electron chi connectivity index (χ2n) is 5.74. The molecular formula is C16H20N2O2. The van der Waals surface area contributed by atoms with Crippen molar-refractivity contribution in [3.63, 3.8) is 0 Å². The molecule has 1 aromatic rings. The first-order chi connectivity index (χ1) is 9.67. The molecule has 106 valence electrons. The molecule has 4 heteroatoms. The van der Waals surface area contributed by atoms with E-state index in [9.17, 15) is 9.59 Å². The van der Waals surface area contributed by atoms with E-state index in [0.29, 0.717) is 17.9 Å². The number of carbonyl (C=O) groups is 2. The van der Waals surface area contributed by atoms with E-state index in [2.05, 4.69) is 5.32 Å². The van der Waals surface area contributed by atoms with E-state index in [1.807, 2.05) is 30.0 Å². The largest absolute Gasteiger partial charge is 0.339 e. The average molecular weight is 272 g/mol. The molecule has 1 saturated carbocycles. The molecular weight excluding hydrogens is 252 g/mol. The minimum atomic E-state index is 0.00594. The Kier molecular flexibility index (Phi) is 3.47. The zero-order valence-corrected chi connectivity index (χ0v) is 11.8. The summed E-state index contributed by atoms with van der Waals surface area (Å²) in [5.74, 6) is 0.768. The van der Waals surface area contributed by atoms with Gasteiger partial charge in [-0.3, -0.25) is 9.59 Å². The van der Waals surface area contributed by atoms with Crippen LogP contribution in [-0.4, -0.2) is 29.8 Å². The van der Waals surface area contributed by atoms with Crippen LogP contribution < -0.4 is 5.32 Å². The summed E-state index contributed by atoms with van der Waals surface area (Å²) in [6.07, 6.45) is 4.16. The van der Waals surface area contributed by atoms with E-state index in [1.54, 1.807) is 0 Å². The summed E-state index contributed by atoms with van der Waals surface area (Å²) in [5, 5.41) is 2.79. The smallest absolute Gasteiger partial charge is 0.253 e. The number of hydrogen-bond acceptors (Lipinski definition) is 2. The van der Waals surface area contributed by atoms with Crippen molar-refractivity contribution in [2.24, 2.45) is 5.92 Å². The molecule has 3 rings (SSSR count). The molecule has 1 N–H and O–H groups in total. The van der Waals surface area contributed by atoms with Gasteiger partial charge in [-0.05, 0) is 49.4 Å². The number of anilines is 1. The fourth-order valence-corrected chi connectivity index (χ4v) is 2.89. The Balaban J connectivity index is 1.75. The lowest BCUT2D eigenvalue weighted by atomic mass is 9.85. The van der Waals surface area contributed by atoms with Gasteiger partial charge < -0.3 is 10.2 Å². The van der Waals surface area contributed by atoms with E-state index in [-0.39, 0.29) is 11.8 Å². The summed E-state index contributed by atoms with van der Waals surface area (Å²) < 4.78 is 0. The van der Waals surface area contributed by atoms with Gasteiger partial charge in [0.15, 0.2) is 0 Å². The molecule has 2 aliphatic rings. The van der Waals surface area contributed by atoms with Crippen LogP contribution in [0.3, 0.4) is 0 Å². The first-order valence-corrected chi connectivity index (χ1v) is 7.39. The number of fused-ring (bicyclic) bond motifs is 1. The van der Waals surface area contributed by atoms with Crippen molar-refractivity contribution in [1.29, 1.82) is 0 Å². The number of nitrogens with zero attached hydrogens (tertiary/aromatic N) is 1. The lowest BCUT2D eigenvalue weighted by molar-refractivity contribution is -0.115. The van der Waals surface area contributed by atoms with Crippen LogP contribution in [0.15, 0.2) is 18.2 Å². The van der Waals surface area contributed by atoms with E-state index >= 15 is 0 Å². The minimum absolute atomic E-state index is 0.00594. The van der Waals surface area contributed by atoms with Crippen molar-refractivity contribution in [3.8, 4) is 0 Å². The molecule has 20 heavy (non-hydrogen) atoms. The van der Waals surface area contributed by atoms with Crippen LogP contribution in [0.1, 0.15) is 42.1 Å². The van der Waals surface area contributed by atoms with E-state index < -0.39 is 0 Å². The standard InChI is InChI=1S/C16H20N2O2/c1-2-18(10-11-4-3-5-11)16(20)12-6-7-14-13(8-12)9-15(19)17-14/h6-8,11H,2-5,9-10H2,1H3,(H,17,19). The average Bonchev–Trinajstić information content (AvgIpc) is 2.76. The molecule has 1 aliphatic heterocycles. The normalized spacial score (nSPS) is 17.4. The van der Waals surface area contributed by atoms with Crippen LogP contribution in [0.2, 0.25) is 0 Å². The third kappa shape index (κ3) is 2.42. The summed E-state index contributed by atoms with van der Waals surface area (Å²) in [6.45, 7) is 3.63. The SMILES string of the molecule is CCN(CC1CCC1)C(=O)c1ccc2c(c1)CC(=O)N2. The molecule has 0 atom stereocenters. The quantitative estimate of drug-likeness (QED) is 0.915. The second kappa shape index (κ2) is 5.27. The molecule has 1 fully saturated rings. The fraction of sp³-hybridized carbons (Fsp3) is 0.500. The van der Waals surface area contributed by atoms with Gasteiger partial charge in [-0.25, -0.2) is 0 Å². The molecule has 0 spiro atoms. The Morgan fingerprint density at radius 1 is 1.40 bits per heavy atom. The van der Waals surface area contributed by atoms with Gasteiger partial charge in [0.05, 0.1) is 6.42 Å². The zero-order valence-electron chi connectivity index (χ0n) is 11.8. The third-order valence-corrected chi connectivity index (χ3v) is 4.35. The predicted octanol–water partition coefficient (Wildman–Crippen LogP) is 2.44. The minimum Gasteiger partial charge on any atom is -0.339 e. The highest BCUT2D eigenvalue weighted by molar-refractivity contribution is 6.01. The first kappa shape index (κ1) is 13.2. The monoisotopic (exact) mass is 272 g/mol. The van der Waals surface area contributed by atoms with Crippen molar-refractivity contribution >= 4 is 17.5 Å². The summed E-state index contributed by atoms with van der Waals surface area (Å²) >= 11 is 0. The molecule has 1 aromatic carbocycles. The summed E-state index contributed by atoms with van der Waals surface area (Å²) in [4.78, 5) is 25.8. The van der Waals surface area contributed by atoms with Crippen LogP contribution >= 0.6 is 0 Å². The molecule has 0 unspecified atom stereocenters. The van der Waals surface area contributed by atoms with Crippen LogP contribution in [0.5, 0.6) is 0 Å². The number of benzene rings is 1. The van der Waals surface area contributed by atoms with Crippen LogP contribution in [0.4, 0.5) is 5.69 Å². The number of amides is 2. The van der Waals surface area contributed by atoms with Gasteiger partial charge in [0.25, 0.3) is 5.91 Å². The Morgan fingerprint density at radius 3 is 2.85 bits per heavy atom. The van der Waals surface area contributed by atoms with Crippen LogP contribution in [0, 0.1) is 5.92 Å². The lowest BCUT2D eigenvalue weighted by Crippen LogP contribution is -2.37. The van der Waals surface area contributed by atoms with Crippen molar-refractivity contribution in [2.75, 3.05) is 18.4 Å². The van der Waals surface area contributed by atoms with Gasteiger partial charge in [-0.2, -0.15) is 0 Å². The summed E-state index contributed by atoms with van der Waals surface area (Å²) in [5.41, 5.74) is 2.47. The molecule has 4 nitrogen and oxygen atoms in total. The maximum Gasteiger partial charge on any atom is 0.253 e. The Hall–Kier alpha value is -1.84.